The van der Waals surface area contributed by atoms with E-state index >= 15 is 0 Å². The van der Waals surface area contributed by atoms with Gasteiger partial charge in [-0.1, -0.05) is 12.2 Å². The number of hydrazine groups is 1. The highest BCUT2D eigenvalue weighted by Gasteiger charge is 1.89. The van der Waals surface area contributed by atoms with Gasteiger partial charge in [-0.05, 0) is 24.4 Å². The summed E-state index contributed by atoms with van der Waals surface area (Å²) in [6.07, 6.45) is 1.29. The lowest BCUT2D eigenvalue weighted by Crippen LogP contribution is -2.44. The summed E-state index contributed by atoms with van der Waals surface area (Å²) in [7, 11) is 0. The molecule has 0 saturated heterocycles. The van der Waals surface area contributed by atoms with Gasteiger partial charge in [0.2, 0.25) is 0 Å². The van der Waals surface area contributed by atoms with E-state index in [0.717, 1.165) is 0 Å². The summed E-state index contributed by atoms with van der Waals surface area (Å²) in [6, 6.07) is 0. The number of hydrazone groups is 1. The van der Waals surface area contributed by atoms with Crippen molar-refractivity contribution in [2.24, 2.45) is 16.6 Å². The zero-order valence-electron chi connectivity index (χ0n) is 6.40. The van der Waals surface area contributed by atoms with Gasteiger partial charge in [-0.3, -0.25) is 16.3 Å². The number of thiocarbonyl (C=S) groups is 3. The van der Waals surface area contributed by atoms with E-state index in [9.17, 15) is 0 Å². The van der Waals surface area contributed by atoms with Gasteiger partial charge in [-0.25, -0.2) is 0 Å². The van der Waals surface area contributed by atoms with Crippen LogP contribution in [0.3, 0.4) is 0 Å². The molecule has 0 atom stereocenters. The van der Waals surface area contributed by atoms with Crippen LogP contribution in [-0.2, 0) is 0 Å². The Morgan fingerprint density at radius 1 is 1.08 bits per heavy atom. The summed E-state index contributed by atoms with van der Waals surface area (Å²) in [4.78, 5) is 0.288. The van der Waals surface area contributed by atoms with Crippen molar-refractivity contribution >= 4 is 58.1 Å². The molecule has 0 aromatic rings. The van der Waals surface area contributed by atoms with Crippen molar-refractivity contribution in [1.29, 1.82) is 0 Å². The van der Waals surface area contributed by atoms with Crippen LogP contribution in [0.25, 0.3) is 0 Å². The topological polar surface area (TPSA) is 100 Å². The van der Waals surface area contributed by atoms with Crippen LogP contribution in [0.4, 0.5) is 0 Å². The third-order valence-corrected chi connectivity index (χ3v) is 1.07. The standard InChI is InChI=1S/C4H8N6S3/c5-3(12)9-7-1-2(11)8-10-4(6)13/h1H,(H,8,11)(H3,5,9,12)(H3,6,10,13)/b7-1+. The smallest absolute Gasteiger partial charge is 0.184 e. The average molecular weight is 236 g/mol. The number of rotatable bonds is 2. The molecule has 0 rings (SSSR count). The van der Waals surface area contributed by atoms with E-state index in [2.05, 4.69) is 45.8 Å². The Morgan fingerprint density at radius 2 is 1.69 bits per heavy atom. The average Bonchev–Trinajstić information content (AvgIpc) is 2.00. The first-order chi connectivity index (χ1) is 6.02. The fraction of sp³-hybridized carbons (Fsp3) is 0. The van der Waals surface area contributed by atoms with E-state index in [-0.39, 0.29) is 15.2 Å². The fourth-order valence-electron chi connectivity index (χ4n) is 0.310. The first-order valence-corrected chi connectivity index (χ1v) is 4.18. The molecule has 0 aromatic heterocycles. The minimum Gasteiger partial charge on any atom is -0.375 e. The van der Waals surface area contributed by atoms with Crippen molar-refractivity contribution in [3.63, 3.8) is 0 Å². The number of nitrogens with two attached hydrogens (primary N) is 2. The van der Waals surface area contributed by atoms with E-state index in [4.69, 9.17) is 23.7 Å². The quantitative estimate of drug-likeness (QED) is 0.224. The molecule has 0 fully saturated rings. The normalized spacial score (nSPS) is 9.23. The summed E-state index contributed by atoms with van der Waals surface area (Å²) >= 11 is 13.8. The monoisotopic (exact) mass is 236 g/mol. The van der Waals surface area contributed by atoms with Gasteiger partial charge in [0.05, 0.1) is 6.21 Å². The summed E-state index contributed by atoms with van der Waals surface area (Å²) in [5, 5.41) is 3.72. The van der Waals surface area contributed by atoms with Crippen LogP contribution in [0.5, 0.6) is 0 Å². The largest absolute Gasteiger partial charge is 0.375 e. The summed E-state index contributed by atoms with van der Waals surface area (Å²) in [5.41, 5.74) is 17.4. The summed E-state index contributed by atoms with van der Waals surface area (Å²) < 4.78 is 0. The Balaban J connectivity index is 3.67. The highest BCUT2D eigenvalue weighted by atomic mass is 32.1. The van der Waals surface area contributed by atoms with E-state index in [0.29, 0.717) is 0 Å². The molecule has 7 N–H and O–H groups in total. The van der Waals surface area contributed by atoms with Crippen LogP contribution in [0.2, 0.25) is 0 Å². The third kappa shape index (κ3) is 8.85. The molecule has 0 saturated carbocycles. The number of nitrogens with one attached hydrogen (secondary N) is 3. The molecular weight excluding hydrogens is 228 g/mol. The van der Waals surface area contributed by atoms with Crippen molar-refractivity contribution < 1.29 is 0 Å². The molecule has 0 heterocycles. The van der Waals surface area contributed by atoms with Crippen LogP contribution in [-0.4, -0.2) is 21.4 Å². The molecule has 0 radical (unpaired) electrons. The van der Waals surface area contributed by atoms with Crippen molar-refractivity contribution in [2.75, 3.05) is 0 Å². The van der Waals surface area contributed by atoms with Gasteiger partial charge in [-0.15, -0.1) is 0 Å². The lowest BCUT2D eigenvalue weighted by molar-refractivity contribution is 0.889. The minimum absolute atomic E-state index is 0.0568. The van der Waals surface area contributed by atoms with Crippen LogP contribution in [0.15, 0.2) is 5.10 Å². The molecule has 0 bridgehead atoms. The molecule has 0 amide bonds. The zero-order valence-corrected chi connectivity index (χ0v) is 8.85. The Labute approximate surface area is 91.1 Å². The Bertz CT molecular complexity index is 248. The van der Waals surface area contributed by atoms with Gasteiger partial charge in [0.25, 0.3) is 0 Å². The van der Waals surface area contributed by atoms with Gasteiger partial charge in [0.1, 0.15) is 4.99 Å². The molecule has 9 heteroatoms. The van der Waals surface area contributed by atoms with Gasteiger partial charge >= 0.3 is 0 Å². The second-order valence-electron chi connectivity index (χ2n) is 1.71. The van der Waals surface area contributed by atoms with Crippen molar-refractivity contribution in [3.05, 3.63) is 0 Å². The van der Waals surface area contributed by atoms with Crippen LogP contribution >= 0.6 is 36.7 Å². The van der Waals surface area contributed by atoms with Crippen LogP contribution < -0.4 is 27.7 Å². The summed E-state index contributed by atoms with van der Waals surface area (Å²) in [5.74, 6) is 0. The Kier molecular flexibility index (Phi) is 5.93. The molecule has 72 valence electrons. The van der Waals surface area contributed by atoms with Gasteiger partial charge in [0.15, 0.2) is 10.2 Å². The molecule has 13 heavy (non-hydrogen) atoms. The predicted octanol–water partition coefficient (Wildman–Crippen LogP) is -1.53. The van der Waals surface area contributed by atoms with Crippen molar-refractivity contribution in [2.45, 2.75) is 0 Å². The minimum atomic E-state index is 0.0568. The van der Waals surface area contributed by atoms with E-state index in [1.54, 1.807) is 0 Å². The first-order valence-electron chi connectivity index (χ1n) is 2.96. The van der Waals surface area contributed by atoms with Crippen molar-refractivity contribution in [1.82, 2.24) is 16.3 Å². The fourth-order valence-corrected chi connectivity index (χ4v) is 0.517. The second-order valence-corrected chi connectivity index (χ2v) is 3.03. The zero-order chi connectivity index (χ0) is 10.3. The van der Waals surface area contributed by atoms with Gasteiger partial charge < -0.3 is 11.5 Å². The van der Waals surface area contributed by atoms with Gasteiger partial charge in [-0.2, -0.15) is 5.10 Å². The highest BCUT2D eigenvalue weighted by molar-refractivity contribution is 7.82. The Morgan fingerprint density at radius 3 is 2.15 bits per heavy atom. The summed E-state index contributed by atoms with van der Waals surface area (Å²) in [6.45, 7) is 0. The third-order valence-electron chi connectivity index (χ3n) is 0.665. The van der Waals surface area contributed by atoms with Crippen LogP contribution in [0, 0.1) is 0 Å². The van der Waals surface area contributed by atoms with E-state index in [1.807, 2.05) is 0 Å². The van der Waals surface area contributed by atoms with E-state index < -0.39 is 0 Å². The maximum Gasteiger partial charge on any atom is 0.184 e. The van der Waals surface area contributed by atoms with Crippen LogP contribution in [0.1, 0.15) is 0 Å². The maximum atomic E-state index is 5.11. The molecule has 0 aliphatic carbocycles. The number of nitrogens with zero attached hydrogens (tertiary/aromatic N) is 1. The highest BCUT2D eigenvalue weighted by Crippen LogP contribution is 1.65. The molecular formula is C4H8N6S3. The maximum absolute atomic E-state index is 5.11. The Hall–Kier alpha value is -1.06. The predicted molar refractivity (Wildman–Crippen MR) is 64.1 cm³/mol. The molecule has 0 aliphatic rings. The lowest BCUT2D eigenvalue weighted by Gasteiger charge is -2.04. The number of hydrogen-bond acceptors (Lipinski definition) is 4. The number of hydrogen-bond donors (Lipinski definition) is 5. The molecule has 0 aromatic carbocycles. The molecule has 6 nitrogen and oxygen atoms in total. The van der Waals surface area contributed by atoms with E-state index in [1.165, 1.54) is 6.21 Å². The van der Waals surface area contributed by atoms with Crippen molar-refractivity contribution in [3.8, 4) is 0 Å². The molecule has 0 spiro atoms. The molecule has 0 unspecified atom stereocenters. The second kappa shape index (κ2) is 6.46. The van der Waals surface area contributed by atoms with Gasteiger partial charge in [0, 0.05) is 0 Å². The lowest BCUT2D eigenvalue weighted by atomic mass is 10.7. The molecule has 0 aliphatic heterocycles. The first kappa shape index (κ1) is 11.9. The SMILES string of the molecule is NC(=S)N/N=C/C(=S)NNC(N)=S.